The van der Waals surface area contributed by atoms with Crippen LogP contribution in [0.2, 0.25) is 0 Å². The van der Waals surface area contributed by atoms with E-state index in [0.29, 0.717) is 5.82 Å². The van der Waals surface area contributed by atoms with Crippen molar-refractivity contribution in [2.75, 3.05) is 0 Å². The van der Waals surface area contributed by atoms with E-state index in [4.69, 9.17) is 5.73 Å². The average molecular weight is 334 g/mol. The van der Waals surface area contributed by atoms with Crippen molar-refractivity contribution in [2.45, 2.75) is 32.9 Å². The van der Waals surface area contributed by atoms with Crippen LogP contribution in [0, 0.1) is 5.92 Å². The molecule has 8 heteroatoms. The van der Waals surface area contributed by atoms with E-state index in [9.17, 15) is 4.79 Å². The lowest BCUT2D eigenvalue weighted by molar-refractivity contribution is -0.125. The number of halogens is 2. The molecule has 6 nitrogen and oxygen atoms in total. The highest BCUT2D eigenvalue weighted by Crippen LogP contribution is 2.13. The van der Waals surface area contributed by atoms with Crippen molar-refractivity contribution in [3.05, 3.63) is 30.2 Å². The van der Waals surface area contributed by atoms with E-state index in [1.165, 1.54) is 0 Å². The van der Waals surface area contributed by atoms with Gasteiger partial charge in [-0.3, -0.25) is 9.20 Å². The first kappa shape index (κ1) is 19.6. The molecule has 3 N–H and O–H groups in total. The Balaban J connectivity index is 0.00000200. The van der Waals surface area contributed by atoms with Gasteiger partial charge in [0.2, 0.25) is 5.91 Å². The molecule has 118 valence electrons. The van der Waals surface area contributed by atoms with Gasteiger partial charge in [0.1, 0.15) is 0 Å². The van der Waals surface area contributed by atoms with Gasteiger partial charge < -0.3 is 11.1 Å². The lowest BCUT2D eigenvalue weighted by atomic mass is 10.0. The molecule has 1 amide bonds. The molecule has 0 aromatic carbocycles. The Bertz CT molecular complexity index is 587. The van der Waals surface area contributed by atoms with Crippen LogP contribution < -0.4 is 11.1 Å². The molecule has 0 saturated carbocycles. The molecular weight excluding hydrogens is 313 g/mol. The monoisotopic (exact) mass is 333 g/mol. The predicted molar refractivity (Wildman–Crippen MR) is 86.9 cm³/mol. The summed E-state index contributed by atoms with van der Waals surface area (Å²) in [5.41, 5.74) is 6.49. The molecule has 2 heterocycles. The van der Waals surface area contributed by atoms with Crippen molar-refractivity contribution in [1.82, 2.24) is 19.9 Å². The minimum absolute atomic E-state index is 0. The highest BCUT2D eigenvalue weighted by molar-refractivity contribution is 5.85. The number of carbonyl (C=O) groups excluding carboxylic acids is 1. The molecule has 3 unspecified atom stereocenters. The highest BCUT2D eigenvalue weighted by Gasteiger charge is 2.21. The van der Waals surface area contributed by atoms with E-state index in [1.54, 1.807) is 0 Å². The second-order valence-corrected chi connectivity index (χ2v) is 4.87. The zero-order valence-corrected chi connectivity index (χ0v) is 13.8. The van der Waals surface area contributed by atoms with Gasteiger partial charge in [-0.25, -0.2) is 0 Å². The van der Waals surface area contributed by atoms with Crippen LogP contribution in [0.15, 0.2) is 24.4 Å². The molecule has 0 aliphatic rings. The number of pyridine rings is 1. The Morgan fingerprint density at radius 1 is 1.24 bits per heavy atom. The van der Waals surface area contributed by atoms with Crippen LogP contribution in [0.25, 0.3) is 5.65 Å². The summed E-state index contributed by atoms with van der Waals surface area (Å²) < 4.78 is 1.86. The fourth-order valence-corrected chi connectivity index (χ4v) is 1.80. The molecule has 0 fully saturated rings. The van der Waals surface area contributed by atoms with Gasteiger partial charge in [-0.1, -0.05) is 13.0 Å². The van der Waals surface area contributed by atoms with E-state index in [1.807, 2.05) is 49.6 Å². The van der Waals surface area contributed by atoms with Crippen molar-refractivity contribution in [3.8, 4) is 0 Å². The van der Waals surface area contributed by atoms with Crippen molar-refractivity contribution >= 4 is 36.4 Å². The largest absolute Gasteiger partial charge is 0.346 e. The van der Waals surface area contributed by atoms with Crippen LogP contribution in [0.5, 0.6) is 0 Å². The summed E-state index contributed by atoms with van der Waals surface area (Å²) in [4.78, 5) is 12.0. The van der Waals surface area contributed by atoms with Gasteiger partial charge in [-0.15, -0.1) is 35.0 Å². The maximum Gasteiger partial charge on any atom is 0.224 e. The van der Waals surface area contributed by atoms with Gasteiger partial charge in [0.25, 0.3) is 0 Å². The fraction of sp³-hybridized carbons (Fsp3) is 0.462. The van der Waals surface area contributed by atoms with Gasteiger partial charge in [0, 0.05) is 18.2 Å². The molecule has 0 radical (unpaired) electrons. The standard InChI is InChI=1S/C13H19N5O.2ClH/c1-8(9(2)14)13(19)15-10(3)12-17-16-11-6-4-5-7-18(11)12;;/h4-10H,14H2,1-3H3,(H,15,19);2*1H. The third kappa shape index (κ3) is 4.30. The Kier molecular flexibility index (Phi) is 7.63. The lowest BCUT2D eigenvalue weighted by Gasteiger charge is -2.18. The smallest absolute Gasteiger partial charge is 0.224 e. The van der Waals surface area contributed by atoms with E-state index in [2.05, 4.69) is 15.5 Å². The molecular formula is C13H21Cl2N5O. The van der Waals surface area contributed by atoms with E-state index in [0.717, 1.165) is 5.65 Å². The zero-order valence-electron chi connectivity index (χ0n) is 12.2. The number of nitrogens with two attached hydrogens (primary N) is 1. The van der Waals surface area contributed by atoms with Crippen LogP contribution in [0.1, 0.15) is 32.6 Å². The second-order valence-electron chi connectivity index (χ2n) is 4.87. The van der Waals surface area contributed by atoms with E-state index >= 15 is 0 Å². The predicted octanol–water partition coefficient (Wildman–Crippen LogP) is 1.73. The molecule has 0 bridgehead atoms. The number of fused-ring (bicyclic) bond motifs is 1. The number of rotatable bonds is 4. The third-order valence-electron chi connectivity index (χ3n) is 3.29. The quantitative estimate of drug-likeness (QED) is 0.892. The third-order valence-corrected chi connectivity index (χ3v) is 3.29. The summed E-state index contributed by atoms with van der Waals surface area (Å²) in [6.07, 6.45) is 1.88. The van der Waals surface area contributed by atoms with Crippen LogP contribution in [0.3, 0.4) is 0 Å². The minimum Gasteiger partial charge on any atom is -0.346 e. The van der Waals surface area contributed by atoms with Gasteiger partial charge in [-0.2, -0.15) is 0 Å². The number of amides is 1. The summed E-state index contributed by atoms with van der Waals surface area (Å²) in [6, 6.07) is 5.28. The first-order valence-electron chi connectivity index (χ1n) is 6.36. The molecule has 3 atom stereocenters. The van der Waals surface area contributed by atoms with Crippen molar-refractivity contribution in [2.24, 2.45) is 11.7 Å². The molecule has 2 aromatic heterocycles. The molecule has 0 aliphatic heterocycles. The molecule has 21 heavy (non-hydrogen) atoms. The molecule has 2 aromatic rings. The van der Waals surface area contributed by atoms with Gasteiger partial charge in [-0.05, 0) is 26.0 Å². The number of hydrogen-bond acceptors (Lipinski definition) is 4. The zero-order chi connectivity index (χ0) is 14.0. The first-order chi connectivity index (χ1) is 9.00. The van der Waals surface area contributed by atoms with Crippen molar-refractivity contribution in [3.63, 3.8) is 0 Å². The number of nitrogens with one attached hydrogen (secondary N) is 1. The summed E-state index contributed by atoms with van der Waals surface area (Å²) in [7, 11) is 0. The fourth-order valence-electron chi connectivity index (χ4n) is 1.80. The van der Waals surface area contributed by atoms with Crippen LogP contribution >= 0.6 is 24.8 Å². The van der Waals surface area contributed by atoms with Crippen LogP contribution in [-0.4, -0.2) is 26.5 Å². The second kappa shape index (κ2) is 8.17. The molecule has 0 aliphatic carbocycles. The number of nitrogens with zero attached hydrogens (tertiary/aromatic N) is 3. The number of hydrogen-bond donors (Lipinski definition) is 2. The van der Waals surface area contributed by atoms with E-state index < -0.39 is 0 Å². The number of aromatic nitrogens is 3. The van der Waals surface area contributed by atoms with Gasteiger partial charge >= 0.3 is 0 Å². The normalized spacial score (nSPS) is 14.5. The summed E-state index contributed by atoms with van der Waals surface area (Å²) >= 11 is 0. The van der Waals surface area contributed by atoms with Gasteiger partial charge in [0.05, 0.1) is 6.04 Å². The van der Waals surface area contributed by atoms with E-state index in [-0.39, 0.29) is 48.7 Å². The maximum atomic E-state index is 12.0. The molecule has 0 saturated heterocycles. The lowest BCUT2D eigenvalue weighted by Crippen LogP contribution is -2.40. The Hall–Kier alpha value is -1.37. The van der Waals surface area contributed by atoms with Gasteiger partial charge in [0.15, 0.2) is 11.5 Å². The first-order valence-corrected chi connectivity index (χ1v) is 6.36. The maximum absolute atomic E-state index is 12.0. The topological polar surface area (TPSA) is 85.3 Å². The Morgan fingerprint density at radius 2 is 1.90 bits per heavy atom. The highest BCUT2D eigenvalue weighted by atomic mass is 35.5. The van der Waals surface area contributed by atoms with Crippen molar-refractivity contribution < 1.29 is 4.79 Å². The molecule has 0 spiro atoms. The summed E-state index contributed by atoms with van der Waals surface area (Å²) in [5, 5.41) is 11.1. The summed E-state index contributed by atoms with van der Waals surface area (Å²) in [6.45, 7) is 5.52. The Morgan fingerprint density at radius 3 is 2.52 bits per heavy atom. The van der Waals surface area contributed by atoms with Crippen LogP contribution in [-0.2, 0) is 4.79 Å². The Labute approximate surface area is 136 Å². The SMILES string of the molecule is CC(NC(=O)C(C)C(C)N)c1nnc2ccccn12.Cl.Cl. The number of carbonyl (C=O) groups is 1. The minimum atomic E-state index is -0.235. The molecule has 2 rings (SSSR count). The van der Waals surface area contributed by atoms with Crippen LogP contribution in [0.4, 0.5) is 0 Å². The average Bonchev–Trinajstić information content (AvgIpc) is 2.81. The van der Waals surface area contributed by atoms with Crippen molar-refractivity contribution in [1.29, 1.82) is 0 Å². The summed E-state index contributed by atoms with van der Waals surface area (Å²) in [5.74, 6) is 0.401.